The molecule has 0 saturated heterocycles. The van der Waals surface area contributed by atoms with Crippen LogP contribution in [0.1, 0.15) is 35.2 Å². The number of rotatable bonds is 6. The van der Waals surface area contributed by atoms with E-state index in [0.29, 0.717) is 28.8 Å². The van der Waals surface area contributed by atoms with E-state index in [-0.39, 0.29) is 11.6 Å². The predicted molar refractivity (Wildman–Crippen MR) is 108 cm³/mol. The Balaban J connectivity index is 1.59. The van der Waals surface area contributed by atoms with Crippen molar-refractivity contribution in [2.24, 2.45) is 0 Å². The maximum absolute atomic E-state index is 12.5. The number of aromatic nitrogens is 5. The molecule has 4 aromatic rings. The van der Waals surface area contributed by atoms with E-state index in [0.717, 1.165) is 18.4 Å². The van der Waals surface area contributed by atoms with Crippen LogP contribution in [0.5, 0.6) is 0 Å². The van der Waals surface area contributed by atoms with E-state index in [1.165, 1.54) is 0 Å². The van der Waals surface area contributed by atoms with Crippen LogP contribution >= 0.6 is 0 Å². The van der Waals surface area contributed by atoms with Crippen molar-refractivity contribution in [2.45, 2.75) is 26.7 Å². The monoisotopic (exact) mass is 388 g/mol. The number of benzene rings is 1. The molecule has 1 aromatic carbocycles. The van der Waals surface area contributed by atoms with Crippen LogP contribution in [0.25, 0.3) is 17.3 Å². The van der Waals surface area contributed by atoms with Gasteiger partial charge in [-0.05, 0) is 37.6 Å². The number of carbonyl (C=O) groups excluding carboxylic acids is 1. The van der Waals surface area contributed by atoms with Gasteiger partial charge in [0.2, 0.25) is 0 Å². The highest BCUT2D eigenvalue weighted by molar-refractivity contribution is 6.02. The average Bonchev–Trinajstić information content (AvgIpc) is 3.40. The van der Waals surface area contributed by atoms with Crippen molar-refractivity contribution in [1.82, 2.24) is 24.7 Å². The first-order chi connectivity index (χ1) is 14.1. The lowest BCUT2D eigenvalue weighted by Gasteiger charge is -2.05. The number of hydrogen-bond acceptors (Lipinski definition) is 6. The van der Waals surface area contributed by atoms with Gasteiger partial charge in [-0.3, -0.25) is 9.36 Å². The second kappa shape index (κ2) is 8.05. The predicted octanol–water partition coefficient (Wildman–Crippen LogP) is 3.83. The highest BCUT2D eigenvalue weighted by Crippen LogP contribution is 2.24. The number of carbonyl (C=O) groups is 1. The van der Waals surface area contributed by atoms with Crippen LogP contribution in [0.3, 0.4) is 0 Å². The molecule has 8 nitrogen and oxygen atoms in total. The quantitative estimate of drug-likeness (QED) is 0.539. The lowest BCUT2D eigenvalue weighted by molar-refractivity contribution is 0.102. The molecule has 0 fully saturated rings. The fourth-order valence-electron chi connectivity index (χ4n) is 2.85. The van der Waals surface area contributed by atoms with Crippen LogP contribution in [0.4, 0.5) is 5.69 Å². The minimum Gasteiger partial charge on any atom is -0.334 e. The van der Waals surface area contributed by atoms with Crippen LogP contribution in [0.2, 0.25) is 0 Å². The molecule has 3 aromatic heterocycles. The minimum atomic E-state index is -0.298. The average molecular weight is 388 g/mol. The van der Waals surface area contributed by atoms with Gasteiger partial charge in [-0.25, -0.2) is 9.97 Å². The fourth-order valence-corrected chi connectivity index (χ4v) is 2.85. The normalized spacial score (nSPS) is 10.8. The molecule has 1 N–H and O–H groups in total. The van der Waals surface area contributed by atoms with E-state index in [4.69, 9.17) is 4.52 Å². The number of nitrogens with zero attached hydrogens (tertiary/aromatic N) is 5. The Labute approximate surface area is 167 Å². The molecule has 0 saturated carbocycles. The zero-order chi connectivity index (χ0) is 20.2. The van der Waals surface area contributed by atoms with Crippen molar-refractivity contribution in [3.8, 4) is 17.3 Å². The first kappa shape index (κ1) is 18.5. The number of nitrogens with one attached hydrogen (secondary N) is 1. The van der Waals surface area contributed by atoms with E-state index >= 15 is 0 Å². The zero-order valence-corrected chi connectivity index (χ0v) is 16.2. The molecule has 1 amide bonds. The summed E-state index contributed by atoms with van der Waals surface area (Å²) in [6, 6.07) is 11.2. The van der Waals surface area contributed by atoms with Crippen molar-refractivity contribution in [3.63, 3.8) is 0 Å². The molecule has 0 spiro atoms. The van der Waals surface area contributed by atoms with E-state index in [2.05, 4.69) is 32.3 Å². The molecule has 146 valence electrons. The highest BCUT2D eigenvalue weighted by atomic mass is 16.5. The van der Waals surface area contributed by atoms with E-state index in [9.17, 15) is 4.79 Å². The Morgan fingerprint density at radius 2 is 2.00 bits per heavy atom. The molecule has 3 heterocycles. The van der Waals surface area contributed by atoms with Crippen molar-refractivity contribution in [2.75, 3.05) is 5.32 Å². The SMILES string of the molecule is CCCc1noc(-c2cccnc2-n2cnc(C(=O)Nc3ccc(C)cc3)c2)n1. The third-order valence-electron chi connectivity index (χ3n) is 4.33. The van der Waals surface area contributed by atoms with Crippen LogP contribution in [-0.2, 0) is 6.42 Å². The third kappa shape index (κ3) is 4.06. The molecule has 0 aliphatic carbocycles. The first-order valence-electron chi connectivity index (χ1n) is 9.34. The molecular weight excluding hydrogens is 368 g/mol. The Morgan fingerprint density at radius 1 is 1.17 bits per heavy atom. The van der Waals surface area contributed by atoms with E-state index in [1.54, 1.807) is 29.4 Å². The van der Waals surface area contributed by atoms with Gasteiger partial charge >= 0.3 is 0 Å². The Bertz CT molecular complexity index is 1130. The van der Waals surface area contributed by atoms with Crippen LogP contribution in [0, 0.1) is 6.92 Å². The van der Waals surface area contributed by atoms with E-state index < -0.39 is 0 Å². The van der Waals surface area contributed by atoms with Crippen LogP contribution in [0.15, 0.2) is 59.6 Å². The lowest BCUT2D eigenvalue weighted by atomic mass is 10.2. The van der Waals surface area contributed by atoms with Crippen molar-refractivity contribution < 1.29 is 9.32 Å². The molecule has 0 unspecified atom stereocenters. The molecule has 0 aliphatic rings. The van der Waals surface area contributed by atoms with Gasteiger partial charge in [0.05, 0.1) is 5.56 Å². The Kier molecular flexibility index (Phi) is 5.15. The van der Waals surface area contributed by atoms with Crippen molar-refractivity contribution >= 4 is 11.6 Å². The van der Waals surface area contributed by atoms with Gasteiger partial charge in [0, 0.05) is 24.5 Å². The van der Waals surface area contributed by atoms with Gasteiger partial charge in [-0.15, -0.1) is 0 Å². The van der Waals surface area contributed by atoms with Gasteiger partial charge in [-0.1, -0.05) is 29.8 Å². The van der Waals surface area contributed by atoms with Crippen LogP contribution in [-0.4, -0.2) is 30.6 Å². The molecular formula is C21H20N6O2. The second-order valence-corrected chi connectivity index (χ2v) is 6.63. The smallest absolute Gasteiger partial charge is 0.275 e. The summed E-state index contributed by atoms with van der Waals surface area (Å²) in [6.07, 6.45) is 6.50. The Hall–Kier alpha value is -3.81. The minimum absolute atomic E-state index is 0.277. The van der Waals surface area contributed by atoms with Crippen molar-refractivity contribution in [3.05, 3.63) is 72.2 Å². The summed E-state index contributed by atoms with van der Waals surface area (Å²) in [5.74, 6) is 1.30. The molecule has 0 aliphatic heterocycles. The number of imidazole rings is 1. The molecule has 4 rings (SSSR count). The van der Waals surface area contributed by atoms with Gasteiger partial charge in [0.15, 0.2) is 11.6 Å². The summed E-state index contributed by atoms with van der Waals surface area (Å²) < 4.78 is 7.06. The molecule has 8 heteroatoms. The molecule has 0 radical (unpaired) electrons. The van der Waals surface area contributed by atoms with Gasteiger partial charge in [0.25, 0.3) is 11.8 Å². The van der Waals surface area contributed by atoms with Crippen molar-refractivity contribution in [1.29, 1.82) is 0 Å². The van der Waals surface area contributed by atoms with Gasteiger partial charge < -0.3 is 9.84 Å². The molecule has 0 bridgehead atoms. The number of amides is 1. The van der Waals surface area contributed by atoms with Gasteiger partial charge in [0.1, 0.15) is 12.0 Å². The number of anilines is 1. The summed E-state index contributed by atoms with van der Waals surface area (Å²) in [6.45, 7) is 4.05. The largest absolute Gasteiger partial charge is 0.334 e. The fraction of sp³-hybridized carbons (Fsp3) is 0.190. The summed E-state index contributed by atoms with van der Waals surface area (Å²) in [7, 11) is 0. The summed E-state index contributed by atoms with van der Waals surface area (Å²) >= 11 is 0. The number of aryl methyl sites for hydroxylation is 2. The molecule has 29 heavy (non-hydrogen) atoms. The molecule has 0 atom stereocenters. The number of hydrogen-bond donors (Lipinski definition) is 1. The topological polar surface area (TPSA) is 98.7 Å². The maximum atomic E-state index is 12.5. The zero-order valence-electron chi connectivity index (χ0n) is 16.2. The van der Waals surface area contributed by atoms with Gasteiger partial charge in [-0.2, -0.15) is 4.98 Å². The first-order valence-corrected chi connectivity index (χ1v) is 9.34. The lowest BCUT2D eigenvalue weighted by Crippen LogP contribution is -2.12. The van der Waals surface area contributed by atoms with E-state index in [1.807, 2.05) is 37.3 Å². The summed E-state index contributed by atoms with van der Waals surface area (Å²) in [4.78, 5) is 25.6. The third-order valence-corrected chi connectivity index (χ3v) is 4.33. The number of pyridine rings is 1. The Morgan fingerprint density at radius 3 is 2.79 bits per heavy atom. The second-order valence-electron chi connectivity index (χ2n) is 6.63. The van der Waals surface area contributed by atoms with Crippen LogP contribution < -0.4 is 5.32 Å². The standard InChI is InChI=1S/C21H20N6O2/c1-3-5-18-25-21(29-26-18)16-6-4-11-22-19(16)27-12-17(23-13-27)20(28)24-15-9-7-14(2)8-10-15/h4,6-13H,3,5H2,1-2H3,(H,24,28). The highest BCUT2D eigenvalue weighted by Gasteiger charge is 2.17. The summed E-state index contributed by atoms with van der Waals surface area (Å²) in [5, 5.41) is 6.84. The maximum Gasteiger partial charge on any atom is 0.275 e. The summed E-state index contributed by atoms with van der Waals surface area (Å²) in [5.41, 5.74) is 2.78.